The Kier molecular flexibility index (Phi) is 49.1. The maximum atomic E-state index is 12.4. The van der Waals surface area contributed by atoms with Gasteiger partial charge in [0, 0.05) is 12.8 Å². The van der Waals surface area contributed by atoms with Gasteiger partial charge in [-0.2, -0.15) is 0 Å². The van der Waals surface area contributed by atoms with Crippen molar-refractivity contribution >= 4 is 11.9 Å². The second-order valence-corrected chi connectivity index (χ2v) is 18.2. The number of nitrogens with one attached hydrogen (secondary N) is 1. The predicted molar refractivity (Wildman–Crippen MR) is 264 cm³/mol. The number of carbonyl (C=O) groups is 2. The van der Waals surface area contributed by atoms with E-state index in [-0.39, 0.29) is 18.5 Å². The van der Waals surface area contributed by atoms with Crippen LogP contribution in [0.3, 0.4) is 0 Å². The molecule has 2 unspecified atom stereocenters. The fourth-order valence-electron chi connectivity index (χ4n) is 7.97. The molecule has 6 nitrogen and oxygen atoms in total. The lowest BCUT2D eigenvalue weighted by Gasteiger charge is -2.20. The van der Waals surface area contributed by atoms with Crippen LogP contribution < -0.4 is 5.32 Å². The molecule has 0 heterocycles. The molecule has 0 fully saturated rings. The van der Waals surface area contributed by atoms with Crippen LogP contribution >= 0.6 is 0 Å². The van der Waals surface area contributed by atoms with E-state index in [4.69, 9.17) is 4.74 Å². The number of aliphatic hydroxyl groups excluding tert-OH is 2. The quantitative estimate of drug-likeness (QED) is 0.0322. The molecule has 0 rings (SSSR count). The molecule has 2 atom stereocenters. The van der Waals surface area contributed by atoms with Gasteiger partial charge in [0.05, 0.1) is 25.4 Å². The highest BCUT2D eigenvalue weighted by molar-refractivity contribution is 5.76. The van der Waals surface area contributed by atoms with Crippen LogP contribution in [-0.2, 0) is 14.3 Å². The number of allylic oxidation sites excluding steroid dienone is 5. The van der Waals surface area contributed by atoms with Gasteiger partial charge in [0.25, 0.3) is 0 Å². The SMILES string of the molecule is CCCCCC/C=C\CCCCCCCC(=O)OCCCCCCCCC/C=C\CCCCCCCC(=O)NC(CO)C(O)/C=C/CCCCCCCCCCCCCCC. The van der Waals surface area contributed by atoms with Crippen LogP contribution in [-0.4, -0.2) is 47.4 Å². The zero-order valence-electron chi connectivity index (χ0n) is 40.6. The largest absolute Gasteiger partial charge is 0.466 e. The van der Waals surface area contributed by atoms with Crippen molar-refractivity contribution in [2.45, 2.75) is 289 Å². The molecule has 0 saturated heterocycles. The summed E-state index contributed by atoms with van der Waals surface area (Å²) in [5.74, 6) is -0.0991. The third-order valence-electron chi connectivity index (χ3n) is 12.1. The summed E-state index contributed by atoms with van der Waals surface area (Å²) in [6, 6.07) is -0.640. The van der Waals surface area contributed by atoms with E-state index < -0.39 is 12.1 Å². The fourth-order valence-corrected chi connectivity index (χ4v) is 7.97. The smallest absolute Gasteiger partial charge is 0.305 e. The van der Waals surface area contributed by atoms with Gasteiger partial charge in [-0.3, -0.25) is 9.59 Å². The Balaban J connectivity index is 3.51. The minimum Gasteiger partial charge on any atom is -0.466 e. The first-order valence-corrected chi connectivity index (χ1v) is 26.8. The summed E-state index contributed by atoms with van der Waals surface area (Å²) in [6.45, 7) is 4.86. The Bertz CT molecular complexity index is 993. The normalized spacial score (nSPS) is 12.9. The molecule has 358 valence electrons. The van der Waals surface area contributed by atoms with Crippen molar-refractivity contribution in [1.82, 2.24) is 5.32 Å². The Labute approximate surface area is 379 Å². The van der Waals surface area contributed by atoms with Crippen LogP contribution in [0.25, 0.3) is 0 Å². The number of hydrogen-bond donors (Lipinski definition) is 3. The van der Waals surface area contributed by atoms with Gasteiger partial charge >= 0.3 is 5.97 Å². The third-order valence-corrected chi connectivity index (χ3v) is 12.1. The molecule has 3 N–H and O–H groups in total. The number of ether oxygens (including phenoxy) is 1. The highest BCUT2D eigenvalue weighted by Crippen LogP contribution is 2.15. The molecule has 1 amide bonds. The third kappa shape index (κ3) is 47.4. The molecule has 0 bridgehead atoms. The average molecular weight is 858 g/mol. The molecule has 0 aliphatic heterocycles. The Morgan fingerprint density at radius 1 is 0.443 bits per heavy atom. The van der Waals surface area contributed by atoms with Crippen molar-refractivity contribution in [3.8, 4) is 0 Å². The molecule has 0 aromatic rings. The molecule has 0 saturated carbocycles. The Morgan fingerprint density at radius 3 is 1.18 bits per heavy atom. The molecule has 0 spiro atoms. The van der Waals surface area contributed by atoms with E-state index in [1.165, 1.54) is 186 Å². The first-order valence-electron chi connectivity index (χ1n) is 26.8. The van der Waals surface area contributed by atoms with Gasteiger partial charge in [0.1, 0.15) is 0 Å². The first-order chi connectivity index (χ1) is 30.0. The number of carbonyl (C=O) groups excluding carboxylic acids is 2. The van der Waals surface area contributed by atoms with E-state index in [1.807, 2.05) is 6.08 Å². The summed E-state index contributed by atoms with van der Waals surface area (Å²) in [7, 11) is 0. The molecule has 6 heteroatoms. The minimum atomic E-state index is -0.855. The van der Waals surface area contributed by atoms with Crippen LogP contribution in [0.2, 0.25) is 0 Å². The summed E-state index contributed by atoms with van der Waals surface area (Å²) in [4.78, 5) is 24.4. The number of rotatable bonds is 49. The standard InChI is InChI=1S/C55H103NO5/c1-3-5-7-9-11-13-15-17-20-24-27-31-35-39-43-47-53(58)52(51-57)56-54(59)48-44-40-36-32-28-25-21-18-19-22-26-30-34-38-42-46-50-61-55(60)49-45-41-37-33-29-23-16-14-12-10-8-6-4-2/h14,16,18,21,43,47,52-53,57-58H,3-13,15,17,19-20,22-42,44-46,48-51H2,1-2H3,(H,56,59)/b16-14-,21-18-,47-43+. The van der Waals surface area contributed by atoms with E-state index in [1.54, 1.807) is 6.08 Å². The second-order valence-electron chi connectivity index (χ2n) is 18.2. The summed E-state index contributed by atoms with van der Waals surface area (Å²) in [5, 5.41) is 23.1. The lowest BCUT2D eigenvalue weighted by atomic mass is 10.0. The van der Waals surface area contributed by atoms with Crippen LogP contribution in [0.1, 0.15) is 277 Å². The number of unbranched alkanes of at least 4 members (excludes halogenated alkanes) is 34. The molecule has 0 aliphatic carbocycles. The van der Waals surface area contributed by atoms with E-state index in [2.05, 4.69) is 43.5 Å². The average Bonchev–Trinajstić information content (AvgIpc) is 3.26. The van der Waals surface area contributed by atoms with Crippen LogP contribution in [0.4, 0.5) is 0 Å². The maximum Gasteiger partial charge on any atom is 0.305 e. The van der Waals surface area contributed by atoms with Crippen LogP contribution in [0.15, 0.2) is 36.5 Å². The minimum absolute atomic E-state index is 0.0136. The van der Waals surface area contributed by atoms with Gasteiger partial charge in [-0.25, -0.2) is 0 Å². The van der Waals surface area contributed by atoms with Crippen LogP contribution in [0, 0.1) is 0 Å². The topological polar surface area (TPSA) is 95.9 Å². The maximum absolute atomic E-state index is 12.4. The predicted octanol–water partition coefficient (Wildman–Crippen LogP) is 16.1. The number of hydrogen-bond acceptors (Lipinski definition) is 5. The summed E-state index contributed by atoms with van der Waals surface area (Å²) in [5.41, 5.74) is 0. The lowest BCUT2D eigenvalue weighted by Crippen LogP contribution is -2.45. The van der Waals surface area contributed by atoms with Crippen molar-refractivity contribution in [2.24, 2.45) is 0 Å². The summed E-state index contributed by atoms with van der Waals surface area (Å²) in [6.07, 6.45) is 61.4. The zero-order valence-corrected chi connectivity index (χ0v) is 40.6. The molecule has 0 aliphatic rings. The summed E-state index contributed by atoms with van der Waals surface area (Å²) >= 11 is 0. The van der Waals surface area contributed by atoms with E-state index >= 15 is 0 Å². The van der Waals surface area contributed by atoms with Crippen molar-refractivity contribution in [3.05, 3.63) is 36.5 Å². The van der Waals surface area contributed by atoms with Gasteiger partial charge in [-0.05, 0) is 83.5 Å². The van der Waals surface area contributed by atoms with Crippen LogP contribution in [0.5, 0.6) is 0 Å². The lowest BCUT2D eigenvalue weighted by molar-refractivity contribution is -0.143. The van der Waals surface area contributed by atoms with Crippen molar-refractivity contribution < 1.29 is 24.5 Å². The van der Waals surface area contributed by atoms with Crippen molar-refractivity contribution in [2.75, 3.05) is 13.2 Å². The first kappa shape index (κ1) is 59.1. The highest BCUT2D eigenvalue weighted by Gasteiger charge is 2.18. The molecule has 0 aromatic carbocycles. The molecule has 0 aromatic heterocycles. The molecule has 61 heavy (non-hydrogen) atoms. The Hall–Kier alpha value is -1.92. The van der Waals surface area contributed by atoms with Gasteiger partial charge in [-0.1, -0.05) is 217 Å². The second kappa shape index (κ2) is 50.7. The fraction of sp³-hybridized carbons (Fsp3) is 0.855. The van der Waals surface area contributed by atoms with Crippen molar-refractivity contribution in [3.63, 3.8) is 0 Å². The number of amides is 1. The number of aliphatic hydroxyl groups is 2. The monoisotopic (exact) mass is 858 g/mol. The van der Waals surface area contributed by atoms with Crippen molar-refractivity contribution in [1.29, 1.82) is 0 Å². The van der Waals surface area contributed by atoms with Gasteiger partial charge in [0.15, 0.2) is 0 Å². The number of esters is 1. The van der Waals surface area contributed by atoms with Gasteiger partial charge in [0.2, 0.25) is 5.91 Å². The van der Waals surface area contributed by atoms with E-state index in [0.717, 1.165) is 64.2 Å². The van der Waals surface area contributed by atoms with E-state index in [9.17, 15) is 19.8 Å². The zero-order chi connectivity index (χ0) is 44.4. The highest BCUT2D eigenvalue weighted by atomic mass is 16.5. The Morgan fingerprint density at radius 2 is 0.770 bits per heavy atom. The summed E-state index contributed by atoms with van der Waals surface area (Å²) < 4.78 is 5.45. The van der Waals surface area contributed by atoms with E-state index in [0.29, 0.717) is 19.4 Å². The van der Waals surface area contributed by atoms with Gasteiger partial charge in [-0.15, -0.1) is 0 Å². The molecular formula is C55H103NO5. The molecule has 0 radical (unpaired) electrons. The van der Waals surface area contributed by atoms with Gasteiger partial charge < -0.3 is 20.3 Å². The molecular weight excluding hydrogens is 755 g/mol.